The third kappa shape index (κ3) is 8.43. The molecule has 112 valence electrons. The van der Waals surface area contributed by atoms with Crippen molar-refractivity contribution in [1.82, 2.24) is 10.2 Å². The highest BCUT2D eigenvalue weighted by molar-refractivity contribution is 5.85. The van der Waals surface area contributed by atoms with Crippen LogP contribution in [0.25, 0.3) is 0 Å². The topological polar surface area (TPSA) is 15.3 Å². The van der Waals surface area contributed by atoms with Crippen LogP contribution in [0.3, 0.4) is 0 Å². The van der Waals surface area contributed by atoms with Gasteiger partial charge in [0.05, 0.1) is 0 Å². The molecule has 0 aromatic heterocycles. The van der Waals surface area contributed by atoms with Crippen LogP contribution in [0.15, 0.2) is 24.3 Å². The summed E-state index contributed by atoms with van der Waals surface area (Å²) in [4.78, 5) is 2.39. The van der Waals surface area contributed by atoms with Gasteiger partial charge in [0.25, 0.3) is 0 Å². The van der Waals surface area contributed by atoms with Crippen LogP contribution in [0, 0.1) is 5.82 Å². The van der Waals surface area contributed by atoms with E-state index in [1.807, 2.05) is 12.1 Å². The van der Waals surface area contributed by atoms with E-state index in [-0.39, 0.29) is 30.6 Å². The normalized spacial score (nSPS) is 9.89. The van der Waals surface area contributed by atoms with Gasteiger partial charge in [-0.15, -0.1) is 24.8 Å². The highest BCUT2D eigenvalue weighted by Gasteiger charge is 2.00. The molecule has 0 aliphatic carbocycles. The van der Waals surface area contributed by atoms with Gasteiger partial charge in [-0.05, 0) is 38.7 Å². The van der Waals surface area contributed by atoms with Crippen LogP contribution in [0.5, 0.6) is 0 Å². The summed E-state index contributed by atoms with van der Waals surface area (Å²) in [5, 5.41) is 3.28. The van der Waals surface area contributed by atoms with E-state index in [9.17, 15) is 4.39 Å². The minimum absolute atomic E-state index is 0. The summed E-state index contributed by atoms with van der Waals surface area (Å²) in [5.74, 6) is -0.122. The Labute approximate surface area is 128 Å². The summed E-state index contributed by atoms with van der Waals surface area (Å²) in [7, 11) is 0. The lowest BCUT2D eigenvalue weighted by molar-refractivity contribution is 0.298. The molecule has 0 heterocycles. The monoisotopic (exact) mass is 310 g/mol. The van der Waals surface area contributed by atoms with Gasteiger partial charge in [0.2, 0.25) is 0 Å². The number of nitrogens with zero attached hydrogens (tertiary/aromatic N) is 1. The molecule has 0 fully saturated rings. The maximum Gasteiger partial charge on any atom is 0.127 e. The Bertz CT molecular complexity index is 320. The first-order valence-electron chi connectivity index (χ1n) is 6.44. The standard InChI is InChI=1S/C14H23FN2.2ClH/c1-3-17(4-2)11-7-10-16-12-13-8-5-6-9-14(13)15;;/h5-6,8-9,16H,3-4,7,10-12H2,1-2H3;2*1H. The van der Waals surface area contributed by atoms with Crippen molar-refractivity contribution in [2.75, 3.05) is 26.2 Å². The van der Waals surface area contributed by atoms with Crippen molar-refractivity contribution in [3.63, 3.8) is 0 Å². The summed E-state index contributed by atoms with van der Waals surface area (Å²) in [6.07, 6.45) is 1.11. The zero-order chi connectivity index (χ0) is 12.5. The van der Waals surface area contributed by atoms with E-state index in [0.29, 0.717) is 6.54 Å². The molecule has 1 aromatic rings. The Morgan fingerprint density at radius 2 is 1.74 bits per heavy atom. The van der Waals surface area contributed by atoms with Gasteiger partial charge in [-0.1, -0.05) is 32.0 Å². The first-order valence-corrected chi connectivity index (χ1v) is 6.44. The Balaban J connectivity index is 0. The fraction of sp³-hybridized carbons (Fsp3) is 0.571. The number of hydrogen-bond acceptors (Lipinski definition) is 2. The lowest BCUT2D eigenvalue weighted by Crippen LogP contribution is -2.27. The van der Waals surface area contributed by atoms with Crippen LogP contribution >= 0.6 is 24.8 Å². The maximum atomic E-state index is 13.3. The van der Waals surface area contributed by atoms with Gasteiger partial charge >= 0.3 is 0 Å². The van der Waals surface area contributed by atoms with Crippen molar-refractivity contribution in [2.24, 2.45) is 0 Å². The Morgan fingerprint density at radius 1 is 1.11 bits per heavy atom. The molecule has 0 atom stereocenters. The minimum atomic E-state index is -0.122. The molecular formula is C14H25Cl2FN2. The molecule has 5 heteroatoms. The Hall–Kier alpha value is -0.350. The molecule has 0 spiro atoms. The van der Waals surface area contributed by atoms with Crippen LogP contribution in [0.2, 0.25) is 0 Å². The lowest BCUT2D eigenvalue weighted by Gasteiger charge is -2.17. The summed E-state index contributed by atoms with van der Waals surface area (Å²) >= 11 is 0. The second kappa shape index (κ2) is 12.7. The van der Waals surface area contributed by atoms with Gasteiger partial charge in [0.1, 0.15) is 5.82 Å². The van der Waals surface area contributed by atoms with E-state index in [1.165, 1.54) is 6.07 Å². The molecule has 0 aliphatic rings. The van der Waals surface area contributed by atoms with Crippen LogP contribution in [0.1, 0.15) is 25.8 Å². The zero-order valence-corrected chi connectivity index (χ0v) is 13.3. The molecule has 0 saturated heterocycles. The van der Waals surface area contributed by atoms with E-state index in [1.54, 1.807) is 6.07 Å². The second-order valence-electron chi connectivity index (χ2n) is 4.15. The predicted molar refractivity (Wildman–Crippen MR) is 85.0 cm³/mol. The van der Waals surface area contributed by atoms with Crippen molar-refractivity contribution in [3.8, 4) is 0 Å². The molecule has 0 radical (unpaired) electrons. The van der Waals surface area contributed by atoms with Gasteiger partial charge in [0, 0.05) is 12.1 Å². The van der Waals surface area contributed by atoms with Gasteiger partial charge in [-0.3, -0.25) is 0 Å². The molecule has 2 nitrogen and oxygen atoms in total. The average molecular weight is 311 g/mol. The second-order valence-corrected chi connectivity index (χ2v) is 4.15. The van der Waals surface area contributed by atoms with Crippen LogP contribution in [0.4, 0.5) is 4.39 Å². The molecule has 0 unspecified atom stereocenters. The van der Waals surface area contributed by atoms with Gasteiger partial charge in [-0.2, -0.15) is 0 Å². The van der Waals surface area contributed by atoms with Crippen LogP contribution in [-0.2, 0) is 6.54 Å². The third-order valence-corrected chi connectivity index (χ3v) is 3.00. The fourth-order valence-corrected chi connectivity index (χ4v) is 1.83. The van der Waals surface area contributed by atoms with E-state index >= 15 is 0 Å². The minimum Gasteiger partial charge on any atom is -0.313 e. The molecule has 19 heavy (non-hydrogen) atoms. The first-order chi connectivity index (χ1) is 8.27. The smallest absolute Gasteiger partial charge is 0.127 e. The predicted octanol–water partition coefficient (Wildman–Crippen LogP) is 3.49. The SMILES string of the molecule is CCN(CC)CCCNCc1ccccc1F.Cl.Cl. The third-order valence-electron chi connectivity index (χ3n) is 3.00. The van der Waals surface area contributed by atoms with Gasteiger partial charge in [-0.25, -0.2) is 4.39 Å². The molecule has 1 rings (SSSR count). The van der Waals surface area contributed by atoms with Gasteiger partial charge < -0.3 is 10.2 Å². The van der Waals surface area contributed by atoms with Crippen molar-refractivity contribution in [1.29, 1.82) is 0 Å². The number of rotatable bonds is 8. The van der Waals surface area contributed by atoms with Crippen molar-refractivity contribution in [2.45, 2.75) is 26.8 Å². The van der Waals surface area contributed by atoms with E-state index in [0.717, 1.165) is 38.2 Å². The lowest BCUT2D eigenvalue weighted by atomic mass is 10.2. The van der Waals surface area contributed by atoms with Crippen LogP contribution in [-0.4, -0.2) is 31.1 Å². The quantitative estimate of drug-likeness (QED) is 0.739. The summed E-state index contributed by atoms with van der Waals surface area (Å²) < 4.78 is 13.3. The van der Waals surface area contributed by atoms with Crippen LogP contribution < -0.4 is 5.32 Å². The van der Waals surface area contributed by atoms with E-state index in [4.69, 9.17) is 0 Å². The summed E-state index contributed by atoms with van der Waals surface area (Å²) in [6, 6.07) is 6.93. The average Bonchev–Trinajstić information content (AvgIpc) is 2.36. The number of benzene rings is 1. The van der Waals surface area contributed by atoms with Gasteiger partial charge in [0.15, 0.2) is 0 Å². The number of halogens is 3. The molecule has 0 saturated carbocycles. The molecule has 0 bridgehead atoms. The Kier molecular flexibility index (Phi) is 14.0. The van der Waals surface area contributed by atoms with E-state index < -0.39 is 0 Å². The molecule has 0 amide bonds. The summed E-state index contributed by atoms with van der Waals surface area (Å²) in [6.45, 7) is 9.22. The molecular weight excluding hydrogens is 286 g/mol. The maximum absolute atomic E-state index is 13.3. The molecule has 0 aliphatic heterocycles. The van der Waals surface area contributed by atoms with Crippen molar-refractivity contribution >= 4 is 24.8 Å². The molecule has 1 N–H and O–H groups in total. The van der Waals surface area contributed by atoms with Crippen molar-refractivity contribution in [3.05, 3.63) is 35.6 Å². The summed E-state index contributed by atoms with van der Waals surface area (Å²) in [5.41, 5.74) is 0.746. The van der Waals surface area contributed by atoms with E-state index in [2.05, 4.69) is 24.1 Å². The highest BCUT2D eigenvalue weighted by atomic mass is 35.5. The fourth-order valence-electron chi connectivity index (χ4n) is 1.83. The highest BCUT2D eigenvalue weighted by Crippen LogP contribution is 2.05. The molecule has 1 aromatic carbocycles. The largest absolute Gasteiger partial charge is 0.313 e. The number of nitrogens with one attached hydrogen (secondary N) is 1. The Morgan fingerprint density at radius 3 is 2.32 bits per heavy atom. The van der Waals surface area contributed by atoms with Crippen molar-refractivity contribution < 1.29 is 4.39 Å². The zero-order valence-electron chi connectivity index (χ0n) is 11.7. The number of hydrogen-bond donors (Lipinski definition) is 1. The first kappa shape index (κ1) is 21.0.